The van der Waals surface area contributed by atoms with Crippen LogP contribution in [0.1, 0.15) is 6.92 Å². The second-order valence-corrected chi connectivity index (χ2v) is 3.70. The molecule has 0 N–H and O–H groups in total. The number of carboxylic acids is 1. The molecule has 5 heteroatoms. The van der Waals surface area contributed by atoms with Crippen LogP contribution in [0.5, 0.6) is 0 Å². The number of rotatable bonds is 0. The van der Waals surface area contributed by atoms with Gasteiger partial charge in [-0.3, -0.25) is 9.97 Å². The van der Waals surface area contributed by atoms with Gasteiger partial charge in [-0.25, -0.2) is 0 Å². The Morgan fingerprint density at radius 2 is 1.68 bits per heavy atom. The third-order valence-electron chi connectivity index (χ3n) is 2.35. The molecule has 0 spiro atoms. The van der Waals surface area contributed by atoms with E-state index in [2.05, 4.69) is 28.2 Å². The van der Waals surface area contributed by atoms with E-state index >= 15 is 0 Å². The zero-order valence-corrected chi connectivity index (χ0v) is 12.8. The summed E-state index contributed by atoms with van der Waals surface area (Å²) in [4.78, 5) is 17.5. The molecule has 19 heavy (non-hydrogen) atoms. The van der Waals surface area contributed by atoms with E-state index < -0.39 is 5.97 Å². The van der Waals surface area contributed by atoms with E-state index in [1.165, 1.54) is 0 Å². The summed E-state index contributed by atoms with van der Waals surface area (Å²) in [5.41, 5.74) is 2.02. The van der Waals surface area contributed by atoms with E-state index in [0.29, 0.717) is 0 Å². The van der Waals surface area contributed by atoms with Crippen molar-refractivity contribution in [1.82, 2.24) is 9.97 Å². The first-order chi connectivity index (χ1) is 8.68. The third-order valence-corrected chi connectivity index (χ3v) is 2.35. The standard InChI is InChI=1S/C12H8N2.C2H4O2.Na/c1-3-9-5-6-11-10(4-2-7-13-11)12(9)14-8-1;1-2(3)4;/h1-8H;1H3,(H,3,4);/q;;+1/p-1. The smallest absolute Gasteiger partial charge is 0.550 e. The van der Waals surface area contributed by atoms with Crippen LogP contribution in [0.3, 0.4) is 0 Å². The van der Waals surface area contributed by atoms with E-state index in [1.54, 1.807) is 6.20 Å². The fourth-order valence-electron chi connectivity index (χ4n) is 1.70. The molecule has 0 aliphatic carbocycles. The van der Waals surface area contributed by atoms with Crippen molar-refractivity contribution in [2.24, 2.45) is 0 Å². The second kappa shape index (κ2) is 7.19. The molecule has 90 valence electrons. The number of carbonyl (C=O) groups excluding carboxylic acids is 1. The van der Waals surface area contributed by atoms with Crippen molar-refractivity contribution < 1.29 is 39.5 Å². The summed E-state index contributed by atoms with van der Waals surface area (Å²) in [6, 6.07) is 12.1. The predicted octanol–water partition coefficient (Wildman–Crippen LogP) is -1.46. The summed E-state index contributed by atoms with van der Waals surface area (Å²) in [6.45, 7) is 0.972. The van der Waals surface area contributed by atoms with Gasteiger partial charge in [-0.05, 0) is 31.2 Å². The van der Waals surface area contributed by atoms with Gasteiger partial charge < -0.3 is 9.90 Å². The maximum atomic E-state index is 8.89. The Hall–Kier alpha value is -1.49. The van der Waals surface area contributed by atoms with Crippen LogP contribution in [0.4, 0.5) is 0 Å². The molecular formula is C14H11N2NaO2. The van der Waals surface area contributed by atoms with Crippen LogP contribution in [0.2, 0.25) is 0 Å². The first kappa shape index (κ1) is 15.6. The SMILES string of the molecule is CC(=O)[O-].[Na+].c1cnc2c(c1)ccc1ncccc12. The maximum absolute atomic E-state index is 8.89. The van der Waals surface area contributed by atoms with Gasteiger partial charge in [0.1, 0.15) is 0 Å². The average Bonchev–Trinajstić information content (AvgIpc) is 2.38. The zero-order valence-electron chi connectivity index (χ0n) is 10.8. The molecule has 2 heterocycles. The van der Waals surface area contributed by atoms with Crippen LogP contribution in [-0.2, 0) is 4.79 Å². The number of nitrogens with zero attached hydrogens (tertiary/aromatic N) is 2. The number of hydrogen-bond donors (Lipinski definition) is 0. The van der Waals surface area contributed by atoms with Gasteiger partial charge in [0.25, 0.3) is 0 Å². The van der Waals surface area contributed by atoms with Crippen molar-refractivity contribution in [3.63, 3.8) is 0 Å². The van der Waals surface area contributed by atoms with Crippen molar-refractivity contribution in [2.75, 3.05) is 0 Å². The summed E-state index contributed by atoms with van der Waals surface area (Å²) < 4.78 is 0. The minimum absolute atomic E-state index is 0. The molecule has 2 aromatic heterocycles. The number of hydrogen-bond acceptors (Lipinski definition) is 4. The summed E-state index contributed by atoms with van der Waals surface area (Å²) in [7, 11) is 0. The zero-order chi connectivity index (χ0) is 13.0. The van der Waals surface area contributed by atoms with Gasteiger partial charge in [0.2, 0.25) is 0 Å². The second-order valence-electron chi connectivity index (χ2n) is 3.70. The van der Waals surface area contributed by atoms with Gasteiger partial charge in [-0.15, -0.1) is 0 Å². The number of pyridine rings is 2. The van der Waals surface area contributed by atoms with Crippen LogP contribution < -0.4 is 34.7 Å². The average molecular weight is 262 g/mol. The molecule has 0 bridgehead atoms. The van der Waals surface area contributed by atoms with Crippen LogP contribution >= 0.6 is 0 Å². The number of benzene rings is 1. The molecule has 0 unspecified atom stereocenters. The number of aromatic nitrogens is 2. The molecule has 0 amide bonds. The van der Waals surface area contributed by atoms with Crippen molar-refractivity contribution in [3.05, 3.63) is 48.8 Å². The Bertz CT molecular complexity index is 642. The van der Waals surface area contributed by atoms with E-state index in [-0.39, 0.29) is 29.6 Å². The first-order valence-corrected chi connectivity index (χ1v) is 5.44. The van der Waals surface area contributed by atoms with Gasteiger partial charge >= 0.3 is 29.6 Å². The summed E-state index contributed by atoms with van der Waals surface area (Å²) in [5, 5.41) is 11.2. The van der Waals surface area contributed by atoms with Gasteiger partial charge in [0, 0.05) is 29.1 Å². The van der Waals surface area contributed by atoms with Crippen LogP contribution in [0.25, 0.3) is 21.8 Å². The molecule has 1 aromatic carbocycles. The fraction of sp³-hybridized carbons (Fsp3) is 0.0714. The Kier molecular flexibility index (Phi) is 5.89. The van der Waals surface area contributed by atoms with Crippen molar-refractivity contribution >= 4 is 27.8 Å². The summed E-state index contributed by atoms with van der Waals surface area (Å²) >= 11 is 0. The monoisotopic (exact) mass is 262 g/mol. The van der Waals surface area contributed by atoms with Gasteiger partial charge in [-0.2, -0.15) is 0 Å². The number of aliphatic carboxylic acids is 1. The molecule has 0 atom stereocenters. The first-order valence-electron chi connectivity index (χ1n) is 5.44. The summed E-state index contributed by atoms with van der Waals surface area (Å²) in [6.07, 6.45) is 3.62. The maximum Gasteiger partial charge on any atom is 1.00 e. The van der Waals surface area contributed by atoms with E-state index in [9.17, 15) is 0 Å². The van der Waals surface area contributed by atoms with E-state index in [4.69, 9.17) is 9.90 Å². The molecule has 0 aliphatic heterocycles. The largest absolute Gasteiger partial charge is 1.00 e. The number of carboxylic acid groups (broad SMARTS) is 1. The number of carbonyl (C=O) groups is 1. The Labute approximate surface area is 132 Å². The van der Waals surface area contributed by atoms with Gasteiger partial charge in [0.05, 0.1) is 11.0 Å². The third kappa shape index (κ3) is 3.99. The molecule has 0 aliphatic rings. The Balaban J connectivity index is 0.000000323. The quantitative estimate of drug-likeness (QED) is 0.367. The topological polar surface area (TPSA) is 65.9 Å². The fourth-order valence-corrected chi connectivity index (χ4v) is 1.70. The molecule has 0 fully saturated rings. The molecule has 3 rings (SSSR count). The molecular weight excluding hydrogens is 251 g/mol. The predicted molar refractivity (Wildman–Crippen MR) is 67.7 cm³/mol. The van der Waals surface area contributed by atoms with Gasteiger partial charge in [0.15, 0.2) is 0 Å². The summed E-state index contributed by atoms with van der Waals surface area (Å²) in [5.74, 6) is -1.08. The van der Waals surface area contributed by atoms with E-state index in [0.717, 1.165) is 28.7 Å². The van der Waals surface area contributed by atoms with Crippen LogP contribution in [0, 0.1) is 0 Å². The molecule has 3 aromatic rings. The molecule has 4 nitrogen and oxygen atoms in total. The van der Waals surface area contributed by atoms with Crippen LogP contribution in [-0.4, -0.2) is 15.9 Å². The minimum atomic E-state index is -1.08. The molecule has 0 saturated carbocycles. The van der Waals surface area contributed by atoms with Crippen LogP contribution in [0.15, 0.2) is 48.8 Å². The Morgan fingerprint density at radius 1 is 1.05 bits per heavy atom. The van der Waals surface area contributed by atoms with Crippen molar-refractivity contribution in [3.8, 4) is 0 Å². The van der Waals surface area contributed by atoms with Crippen molar-refractivity contribution in [1.29, 1.82) is 0 Å². The van der Waals surface area contributed by atoms with Gasteiger partial charge in [-0.1, -0.05) is 12.1 Å². The van der Waals surface area contributed by atoms with Crippen molar-refractivity contribution in [2.45, 2.75) is 6.92 Å². The minimum Gasteiger partial charge on any atom is -0.550 e. The Morgan fingerprint density at radius 3 is 2.42 bits per heavy atom. The molecule has 0 saturated heterocycles. The molecule has 0 radical (unpaired) electrons. The van der Waals surface area contributed by atoms with E-state index in [1.807, 2.05) is 24.4 Å². The number of fused-ring (bicyclic) bond motifs is 3. The normalized spacial score (nSPS) is 9.32.